The number of ether oxygens (including phenoxy) is 1. The summed E-state index contributed by atoms with van der Waals surface area (Å²) in [6, 6.07) is 8.91. The number of hydrogen-bond donors (Lipinski definition) is 1. The molecule has 1 atom stereocenters. The van der Waals surface area contributed by atoms with Crippen molar-refractivity contribution in [1.29, 1.82) is 0 Å². The van der Waals surface area contributed by atoms with Gasteiger partial charge in [-0.25, -0.2) is 5.01 Å². The van der Waals surface area contributed by atoms with Crippen LogP contribution in [-0.4, -0.2) is 28.8 Å². The molecule has 1 amide bonds. The van der Waals surface area contributed by atoms with Gasteiger partial charge < -0.3 is 9.84 Å². The van der Waals surface area contributed by atoms with E-state index in [-0.39, 0.29) is 17.7 Å². The third-order valence-corrected chi connectivity index (χ3v) is 4.57. The van der Waals surface area contributed by atoms with Crippen molar-refractivity contribution in [2.45, 2.75) is 19.4 Å². The second-order valence-electron chi connectivity index (χ2n) is 5.01. The molecule has 114 valence electrons. The quantitative estimate of drug-likeness (QED) is 0.946. The smallest absolute Gasteiger partial charge is 0.240 e. The first-order chi connectivity index (χ1) is 10.6. The van der Waals surface area contributed by atoms with Crippen LogP contribution < -0.4 is 4.74 Å². The van der Waals surface area contributed by atoms with Crippen LogP contribution in [0.2, 0.25) is 0 Å². The fourth-order valence-corrected chi connectivity index (χ4v) is 3.33. The fraction of sp³-hybridized carbons (Fsp3) is 0.250. The Morgan fingerprint density at radius 2 is 2.23 bits per heavy atom. The van der Waals surface area contributed by atoms with Gasteiger partial charge in [0.2, 0.25) is 5.91 Å². The third kappa shape index (κ3) is 2.46. The number of thiophene rings is 1. The van der Waals surface area contributed by atoms with Crippen LogP contribution in [0.1, 0.15) is 29.8 Å². The molecule has 0 fully saturated rings. The maximum absolute atomic E-state index is 11.9. The molecule has 6 heteroatoms. The van der Waals surface area contributed by atoms with Crippen LogP contribution in [-0.2, 0) is 4.79 Å². The summed E-state index contributed by atoms with van der Waals surface area (Å²) in [7, 11) is 1.50. The maximum atomic E-state index is 11.9. The number of phenolic OH excluding ortho intramolecular Hbond substituents is 1. The lowest BCUT2D eigenvalue weighted by molar-refractivity contribution is -0.130. The highest BCUT2D eigenvalue weighted by Crippen LogP contribution is 2.41. The number of rotatable bonds is 3. The van der Waals surface area contributed by atoms with Crippen molar-refractivity contribution in [2.75, 3.05) is 7.11 Å². The number of carbonyl (C=O) groups excluding carboxylic acids is 1. The lowest BCUT2D eigenvalue weighted by atomic mass is 10.00. The van der Waals surface area contributed by atoms with E-state index in [0.717, 1.165) is 10.6 Å². The number of methoxy groups -OCH3 is 1. The lowest BCUT2D eigenvalue weighted by Gasteiger charge is -2.22. The molecule has 3 rings (SSSR count). The summed E-state index contributed by atoms with van der Waals surface area (Å²) in [6.45, 7) is 1.48. The highest BCUT2D eigenvalue weighted by Gasteiger charge is 2.33. The van der Waals surface area contributed by atoms with E-state index < -0.39 is 0 Å². The van der Waals surface area contributed by atoms with Gasteiger partial charge in [0.25, 0.3) is 0 Å². The summed E-state index contributed by atoms with van der Waals surface area (Å²) in [5.41, 5.74) is 1.50. The molecule has 2 aromatic rings. The van der Waals surface area contributed by atoms with Crippen molar-refractivity contribution in [2.24, 2.45) is 5.10 Å². The molecule has 0 bridgehead atoms. The Labute approximate surface area is 132 Å². The first kappa shape index (κ1) is 14.6. The molecular formula is C16H16N2O3S. The summed E-state index contributed by atoms with van der Waals surface area (Å²) in [4.78, 5) is 13.0. The molecule has 1 aromatic carbocycles. The number of hydrogen-bond acceptors (Lipinski definition) is 5. The second kappa shape index (κ2) is 5.81. The molecule has 1 aliphatic rings. The summed E-state index contributed by atoms with van der Waals surface area (Å²) in [6.07, 6.45) is 0.570. The van der Waals surface area contributed by atoms with E-state index in [9.17, 15) is 9.90 Å². The first-order valence-electron chi connectivity index (χ1n) is 6.89. The zero-order valence-corrected chi connectivity index (χ0v) is 13.1. The molecule has 22 heavy (non-hydrogen) atoms. The van der Waals surface area contributed by atoms with Gasteiger partial charge in [-0.05, 0) is 17.5 Å². The summed E-state index contributed by atoms with van der Waals surface area (Å²) in [5, 5.41) is 18.2. The van der Waals surface area contributed by atoms with Crippen molar-refractivity contribution >= 4 is 23.0 Å². The molecule has 2 heterocycles. The second-order valence-corrected chi connectivity index (χ2v) is 5.95. The van der Waals surface area contributed by atoms with Gasteiger partial charge in [0.1, 0.15) is 0 Å². The Morgan fingerprint density at radius 1 is 1.41 bits per heavy atom. The molecule has 0 saturated heterocycles. The number of aromatic hydroxyl groups is 1. The predicted molar refractivity (Wildman–Crippen MR) is 85.4 cm³/mol. The Hall–Kier alpha value is -2.34. The average Bonchev–Trinajstić information content (AvgIpc) is 3.16. The molecule has 0 radical (unpaired) electrons. The monoisotopic (exact) mass is 316 g/mol. The molecule has 1 unspecified atom stereocenters. The van der Waals surface area contributed by atoms with Gasteiger partial charge in [-0.2, -0.15) is 5.10 Å². The number of nitrogens with zero attached hydrogens (tertiary/aromatic N) is 2. The SMILES string of the molecule is COc1cccc(C2CC(c3cccs3)=NN2C(C)=O)c1O. The molecule has 0 saturated carbocycles. The topological polar surface area (TPSA) is 62.1 Å². The highest BCUT2D eigenvalue weighted by molar-refractivity contribution is 7.12. The van der Waals surface area contributed by atoms with Crippen molar-refractivity contribution in [3.8, 4) is 11.5 Å². The Morgan fingerprint density at radius 3 is 2.86 bits per heavy atom. The van der Waals surface area contributed by atoms with Crippen LogP contribution in [0, 0.1) is 0 Å². The summed E-state index contributed by atoms with van der Waals surface area (Å²) < 4.78 is 5.15. The van der Waals surface area contributed by atoms with Gasteiger partial charge in [0, 0.05) is 18.9 Å². The van der Waals surface area contributed by atoms with Crippen LogP contribution in [0.3, 0.4) is 0 Å². The molecular weight excluding hydrogens is 300 g/mol. The molecule has 1 aliphatic heterocycles. The number of para-hydroxylation sites is 1. The number of benzene rings is 1. The van der Waals surface area contributed by atoms with Gasteiger partial charge in [0.15, 0.2) is 11.5 Å². The Kier molecular flexibility index (Phi) is 3.85. The van der Waals surface area contributed by atoms with Gasteiger partial charge in [-0.3, -0.25) is 4.79 Å². The summed E-state index contributed by atoms with van der Waals surface area (Å²) >= 11 is 1.59. The highest BCUT2D eigenvalue weighted by atomic mass is 32.1. The van der Waals surface area contributed by atoms with Crippen LogP contribution >= 0.6 is 11.3 Å². The zero-order valence-electron chi connectivity index (χ0n) is 12.3. The van der Waals surface area contributed by atoms with Crippen LogP contribution in [0.25, 0.3) is 0 Å². The standard InChI is InChI=1S/C16H16N2O3S/c1-10(19)18-13(9-12(17-18)15-7-4-8-22-15)11-5-3-6-14(21-2)16(11)20/h3-8,13,20H,9H2,1-2H3. The van der Waals surface area contributed by atoms with Gasteiger partial charge in [0.05, 0.1) is 23.7 Å². The minimum Gasteiger partial charge on any atom is -0.504 e. The number of hydrazone groups is 1. The van der Waals surface area contributed by atoms with E-state index in [1.165, 1.54) is 19.0 Å². The molecule has 1 aromatic heterocycles. The van der Waals surface area contributed by atoms with Gasteiger partial charge >= 0.3 is 0 Å². The van der Waals surface area contributed by atoms with Gasteiger partial charge in [-0.15, -0.1) is 11.3 Å². The Bertz CT molecular complexity index is 725. The van der Waals surface area contributed by atoms with E-state index in [0.29, 0.717) is 17.7 Å². The third-order valence-electron chi connectivity index (χ3n) is 3.65. The summed E-state index contributed by atoms with van der Waals surface area (Å²) in [5.74, 6) is 0.299. The molecule has 0 aliphatic carbocycles. The number of phenols is 1. The van der Waals surface area contributed by atoms with Crippen molar-refractivity contribution in [1.82, 2.24) is 5.01 Å². The van der Waals surface area contributed by atoms with E-state index in [4.69, 9.17) is 4.74 Å². The minimum atomic E-state index is -0.315. The first-order valence-corrected chi connectivity index (χ1v) is 7.76. The largest absolute Gasteiger partial charge is 0.504 e. The zero-order chi connectivity index (χ0) is 15.7. The molecule has 1 N–H and O–H groups in total. The van der Waals surface area contributed by atoms with E-state index in [2.05, 4.69) is 5.10 Å². The fourth-order valence-electron chi connectivity index (χ4n) is 2.61. The maximum Gasteiger partial charge on any atom is 0.240 e. The molecule has 5 nitrogen and oxygen atoms in total. The normalized spacial score (nSPS) is 17.5. The van der Waals surface area contributed by atoms with Crippen LogP contribution in [0.5, 0.6) is 11.5 Å². The lowest BCUT2D eigenvalue weighted by Crippen LogP contribution is -2.24. The van der Waals surface area contributed by atoms with E-state index in [1.54, 1.807) is 29.5 Å². The minimum absolute atomic E-state index is 0.0591. The van der Waals surface area contributed by atoms with Crippen LogP contribution in [0.4, 0.5) is 0 Å². The average molecular weight is 316 g/mol. The molecule has 0 spiro atoms. The van der Waals surface area contributed by atoms with Crippen molar-refractivity contribution < 1.29 is 14.6 Å². The van der Waals surface area contributed by atoms with Gasteiger partial charge in [-0.1, -0.05) is 18.2 Å². The van der Waals surface area contributed by atoms with Crippen LogP contribution in [0.15, 0.2) is 40.8 Å². The van der Waals surface area contributed by atoms with E-state index in [1.807, 2.05) is 17.5 Å². The van der Waals surface area contributed by atoms with Crippen molar-refractivity contribution in [3.05, 3.63) is 46.2 Å². The Balaban J connectivity index is 1.99. The van der Waals surface area contributed by atoms with Crippen molar-refractivity contribution in [3.63, 3.8) is 0 Å². The number of amides is 1. The number of carbonyl (C=O) groups is 1. The van der Waals surface area contributed by atoms with E-state index >= 15 is 0 Å². The predicted octanol–water partition coefficient (Wildman–Crippen LogP) is 3.16.